The standard InChI is InChI=1S/C17H20ClN3O3S/c1-2-16-15(10-20-21(16)14-5-3-4-13(18)8-14)17(22)19-9-12-6-7-25(23,24)11-12/h3-5,8,10,12H,2,6-7,9,11H2,1H3,(H,19,22). The summed E-state index contributed by atoms with van der Waals surface area (Å²) in [6.45, 7) is 2.32. The van der Waals surface area contributed by atoms with E-state index in [4.69, 9.17) is 11.6 Å². The first-order valence-corrected chi connectivity index (χ1v) is 10.4. The van der Waals surface area contributed by atoms with Crippen LogP contribution in [0.25, 0.3) is 5.69 Å². The van der Waals surface area contributed by atoms with E-state index in [2.05, 4.69) is 10.4 Å². The molecule has 1 fully saturated rings. The van der Waals surface area contributed by atoms with Crippen LogP contribution in [0.5, 0.6) is 0 Å². The van der Waals surface area contributed by atoms with Crippen LogP contribution in [0.3, 0.4) is 0 Å². The van der Waals surface area contributed by atoms with E-state index >= 15 is 0 Å². The van der Waals surface area contributed by atoms with Gasteiger partial charge in [0.15, 0.2) is 9.84 Å². The lowest BCUT2D eigenvalue weighted by atomic mass is 10.1. The first kappa shape index (κ1) is 17.9. The van der Waals surface area contributed by atoms with Gasteiger partial charge in [0.1, 0.15) is 0 Å². The molecule has 0 bridgehead atoms. The van der Waals surface area contributed by atoms with Crippen LogP contribution in [-0.4, -0.2) is 42.2 Å². The van der Waals surface area contributed by atoms with Crippen molar-refractivity contribution in [1.82, 2.24) is 15.1 Å². The van der Waals surface area contributed by atoms with Crippen LogP contribution < -0.4 is 5.32 Å². The van der Waals surface area contributed by atoms with Crippen molar-refractivity contribution in [3.05, 3.63) is 46.7 Å². The normalized spacial score (nSPS) is 19.0. The number of rotatable bonds is 5. The van der Waals surface area contributed by atoms with Crippen molar-refractivity contribution in [2.45, 2.75) is 19.8 Å². The van der Waals surface area contributed by atoms with E-state index in [1.165, 1.54) is 0 Å². The number of halogens is 1. The summed E-state index contributed by atoms with van der Waals surface area (Å²) in [7, 11) is -2.94. The summed E-state index contributed by atoms with van der Waals surface area (Å²) in [5.74, 6) is 0.118. The summed E-state index contributed by atoms with van der Waals surface area (Å²) < 4.78 is 24.7. The van der Waals surface area contributed by atoms with Crippen LogP contribution in [-0.2, 0) is 16.3 Å². The number of aromatic nitrogens is 2. The van der Waals surface area contributed by atoms with Gasteiger partial charge in [0.2, 0.25) is 0 Å². The summed E-state index contributed by atoms with van der Waals surface area (Å²) in [5.41, 5.74) is 2.09. The molecular weight excluding hydrogens is 362 g/mol. The van der Waals surface area contributed by atoms with E-state index in [1.54, 1.807) is 23.0 Å². The Balaban J connectivity index is 1.75. The lowest BCUT2D eigenvalue weighted by molar-refractivity contribution is 0.0947. The van der Waals surface area contributed by atoms with Crippen molar-refractivity contribution in [2.75, 3.05) is 18.1 Å². The molecule has 134 valence electrons. The summed E-state index contributed by atoms with van der Waals surface area (Å²) in [6.07, 6.45) is 2.78. The Hall–Kier alpha value is -1.86. The molecule has 0 spiro atoms. The van der Waals surface area contributed by atoms with E-state index < -0.39 is 9.84 Å². The number of amides is 1. The van der Waals surface area contributed by atoms with E-state index in [9.17, 15) is 13.2 Å². The molecule has 1 N–H and O–H groups in total. The molecule has 8 heteroatoms. The molecule has 1 aliphatic rings. The zero-order valence-corrected chi connectivity index (χ0v) is 15.5. The summed E-state index contributed by atoms with van der Waals surface area (Å²) in [4.78, 5) is 12.5. The Kier molecular flexibility index (Phi) is 5.15. The smallest absolute Gasteiger partial charge is 0.254 e. The van der Waals surface area contributed by atoms with Gasteiger partial charge in [-0.3, -0.25) is 4.79 Å². The molecule has 6 nitrogen and oxygen atoms in total. The molecule has 3 rings (SSSR count). The van der Waals surface area contributed by atoms with Gasteiger partial charge in [0.25, 0.3) is 5.91 Å². The van der Waals surface area contributed by atoms with Crippen LogP contribution in [0.15, 0.2) is 30.5 Å². The molecule has 1 aromatic heterocycles. The number of sulfone groups is 1. The quantitative estimate of drug-likeness (QED) is 0.861. The highest BCUT2D eigenvalue weighted by atomic mass is 35.5. The third kappa shape index (κ3) is 4.04. The molecular formula is C17H20ClN3O3S. The first-order chi connectivity index (χ1) is 11.9. The van der Waals surface area contributed by atoms with Crippen LogP contribution in [0.2, 0.25) is 5.02 Å². The predicted molar refractivity (Wildman–Crippen MR) is 97.0 cm³/mol. The van der Waals surface area contributed by atoms with Gasteiger partial charge in [-0.1, -0.05) is 24.6 Å². The zero-order valence-electron chi connectivity index (χ0n) is 13.9. The number of nitrogens with one attached hydrogen (secondary N) is 1. The Morgan fingerprint density at radius 3 is 2.88 bits per heavy atom. The minimum atomic E-state index is -2.94. The molecule has 2 heterocycles. The number of hydrogen-bond donors (Lipinski definition) is 1. The van der Waals surface area contributed by atoms with Crippen molar-refractivity contribution < 1.29 is 13.2 Å². The fourth-order valence-electron chi connectivity index (χ4n) is 3.10. The molecule has 0 aliphatic carbocycles. The van der Waals surface area contributed by atoms with Crippen molar-refractivity contribution in [2.24, 2.45) is 5.92 Å². The third-order valence-electron chi connectivity index (χ3n) is 4.38. The highest BCUT2D eigenvalue weighted by Gasteiger charge is 2.28. The topological polar surface area (TPSA) is 81.1 Å². The fourth-order valence-corrected chi connectivity index (χ4v) is 5.15. The molecule has 1 amide bonds. The molecule has 2 aromatic rings. The average Bonchev–Trinajstić information content (AvgIpc) is 3.15. The van der Waals surface area contributed by atoms with Gasteiger partial charge in [-0.25, -0.2) is 13.1 Å². The summed E-state index contributed by atoms with van der Waals surface area (Å²) in [5, 5.41) is 7.77. The SMILES string of the molecule is CCc1c(C(=O)NCC2CCS(=O)(=O)C2)cnn1-c1cccc(Cl)c1. The van der Waals surface area contributed by atoms with Crippen LogP contribution >= 0.6 is 11.6 Å². The van der Waals surface area contributed by atoms with Crippen LogP contribution in [0, 0.1) is 5.92 Å². The molecule has 1 saturated heterocycles. The molecule has 1 unspecified atom stereocenters. The van der Waals surface area contributed by atoms with Gasteiger partial charge in [-0.15, -0.1) is 0 Å². The highest BCUT2D eigenvalue weighted by molar-refractivity contribution is 7.91. The summed E-state index contributed by atoms with van der Waals surface area (Å²) in [6, 6.07) is 7.28. The maximum Gasteiger partial charge on any atom is 0.254 e. The monoisotopic (exact) mass is 381 g/mol. The van der Waals surface area contributed by atoms with E-state index in [0.29, 0.717) is 30.0 Å². The minimum Gasteiger partial charge on any atom is -0.352 e. The maximum atomic E-state index is 12.5. The van der Waals surface area contributed by atoms with Gasteiger partial charge in [-0.2, -0.15) is 5.10 Å². The van der Waals surface area contributed by atoms with Crippen molar-refractivity contribution in [3.63, 3.8) is 0 Å². The number of hydrogen-bond acceptors (Lipinski definition) is 4. The van der Waals surface area contributed by atoms with Crippen LogP contribution in [0.4, 0.5) is 0 Å². The maximum absolute atomic E-state index is 12.5. The lowest BCUT2D eigenvalue weighted by Crippen LogP contribution is -2.30. The Morgan fingerprint density at radius 1 is 1.44 bits per heavy atom. The van der Waals surface area contributed by atoms with Gasteiger partial charge in [0.05, 0.1) is 34.6 Å². The van der Waals surface area contributed by atoms with Gasteiger partial charge in [0, 0.05) is 11.6 Å². The molecule has 0 radical (unpaired) electrons. The van der Waals surface area contributed by atoms with Crippen molar-refractivity contribution in [1.29, 1.82) is 0 Å². The second-order valence-corrected chi connectivity index (χ2v) is 8.89. The zero-order chi connectivity index (χ0) is 18.0. The molecule has 0 saturated carbocycles. The van der Waals surface area contributed by atoms with E-state index in [0.717, 1.165) is 11.4 Å². The largest absolute Gasteiger partial charge is 0.352 e. The lowest BCUT2D eigenvalue weighted by Gasteiger charge is -2.11. The minimum absolute atomic E-state index is 0.0120. The van der Waals surface area contributed by atoms with Crippen molar-refractivity contribution >= 4 is 27.3 Å². The predicted octanol–water partition coefficient (Wildman–Crippen LogP) is 2.25. The number of nitrogens with zero attached hydrogens (tertiary/aromatic N) is 2. The Morgan fingerprint density at radius 2 is 2.24 bits per heavy atom. The second-order valence-electron chi connectivity index (χ2n) is 6.23. The van der Waals surface area contributed by atoms with E-state index in [-0.39, 0.29) is 23.3 Å². The molecule has 25 heavy (non-hydrogen) atoms. The number of carbonyl (C=O) groups excluding carboxylic acids is 1. The average molecular weight is 382 g/mol. The number of benzene rings is 1. The Labute approximate surface area is 152 Å². The van der Waals surface area contributed by atoms with Gasteiger partial charge in [-0.05, 0) is 37.0 Å². The third-order valence-corrected chi connectivity index (χ3v) is 6.45. The van der Waals surface area contributed by atoms with E-state index in [1.807, 2.05) is 19.1 Å². The fraction of sp³-hybridized carbons (Fsp3) is 0.412. The van der Waals surface area contributed by atoms with Gasteiger partial charge < -0.3 is 5.32 Å². The van der Waals surface area contributed by atoms with Crippen molar-refractivity contribution in [3.8, 4) is 5.69 Å². The van der Waals surface area contributed by atoms with Crippen LogP contribution in [0.1, 0.15) is 29.4 Å². The second kappa shape index (κ2) is 7.17. The number of carbonyl (C=O) groups is 1. The van der Waals surface area contributed by atoms with Gasteiger partial charge >= 0.3 is 0 Å². The Bertz CT molecular complexity index is 892. The molecule has 1 aromatic carbocycles. The molecule has 1 atom stereocenters. The highest BCUT2D eigenvalue weighted by Crippen LogP contribution is 2.20. The summed E-state index contributed by atoms with van der Waals surface area (Å²) >= 11 is 6.04. The molecule has 1 aliphatic heterocycles. The first-order valence-electron chi connectivity index (χ1n) is 8.21.